The average Bonchev–Trinajstić information content (AvgIpc) is 2.41. The minimum Gasteiger partial charge on any atom is -0.322 e. The molecule has 1 aromatic carbocycles. The first-order chi connectivity index (χ1) is 9.60. The van der Waals surface area contributed by atoms with Gasteiger partial charge in [0.05, 0.1) is 11.3 Å². The van der Waals surface area contributed by atoms with E-state index in [0.29, 0.717) is 5.56 Å². The molecule has 20 heavy (non-hydrogen) atoms. The van der Waals surface area contributed by atoms with Crippen molar-refractivity contribution in [3.05, 3.63) is 58.9 Å². The SMILES string of the molecule is Cc1ccc(C(=O)Nc2ccc(CCBr)cc2)c(C)n1. The molecule has 0 aliphatic rings. The number of aryl methyl sites for hydroxylation is 3. The highest BCUT2D eigenvalue weighted by molar-refractivity contribution is 9.09. The molecule has 2 rings (SSSR count). The summed E-state index contributed by atoms with van der Waals surface area (Å²) in [5.74, 6) is -0.122. The molecule has 4 heteroatoms. The number of nitrogens with one attached hydrogen (secondary N) is 1. The van der Waals surface area contributed by atoms with E-state index in [-0.39, 0.29) is 5.91 Å². The van der Waals surface area contributed by atoms with E-state index in [4.69, 9.17) is 0 Å². The van der Waals surface area contributed by atoms with Crippen LogP contribution in [0.3, 0.4) is 0 Å². The second-order valence-corrected chi connectivity index (χ2v) is 5.47. The summed E-state index contributed by atoms with van der Waals surface area (Å²) in [6.45, 7) is 3.76. The Bertz CT molecular complexity index is 608. The number of hydrogen-bond donors (Lipinski definition) is 1. The van der Waals surface area contributed by atoms with Crippen LogP contribution in [0.2, 0.25) is 0 Å². The molecule has 0 spiro atoms. The lowest BCUT2D eigenvalue weighted by Crippen LogP contribution is -2.14. The predicted octanol–water partition coefficient (Wildman–Crippen LogP) is 3.89. The highest BCUT2D eigenvalue weighted by atomic mass is 79.9. The van der Waals surface area contributed by atoms with Crippen molar-refractivity contribution in [3.63, 3.8) is 0 Å². The molecule has 104 valence electrons. The van der Waals surface area contributed by atoms with Crippen molar-refractivity contribution in [1.82, 2.24) is 4.98 Å². The maximum Gasteiger partial charge on any atom is 0.257 e. The number of carbonyl (C=O) groups excluding carboxylic acids is 1. The summed E-state index contributed by atoms with van der Waals surface area (Å²) >= 11 is 3.41. The Morgan fingerprint density at radius 3 is 2.45 bits per heavy atom. The molecule has 3 nitrogen and oxygen atoms in total. The van der Waals surface area contributed by atoms with Gasteiger partial charge in [-0.25, -0.2) is 0 Å². The molecule has 0 radical (unpaired) electrons. The normalized spacial score (nSPS) is 10.3. The van der Waals surface area contributed by atoms with Gasteiger partial charge in [0.1, 0.15) is 0 Å². The van der Waals surface area contributed by atoms with E-state index in [2.05, 4.69) is 26.2 Å². The molecule has 1 N–H and O–H groups in total. The van der Waals surface area contributed by atoms with E-state index in [1.165, 1.54) is 5.56 Å². The van der Waals surface area contributed by atoms with Crippen LogP contribution in [0.4, 0.5) is 5.69 Å². The molecule has 2 aromatic rings. The van der Waals surface area contributed by atoms with Crippen LogP contribution in [-0.4, -0.2) is 16.2 Å². The fourth-order valence-electron chi connectivity index (χ4n) is 1.99. The zero-order chi connectivity index (χ0) is 14.5. The van der Waals surface area contributed by atoms with Gasteiger partial charge in [-0.2, -0.15) is 0 Å². The summed E-state index contributed by atoms with van der Waals surface area (Å²) in [5, 5.41) is 3.83. The van der Waals surface area contributed by atoms with Crippen LogP contribution in [0.5, 0.6) is 0 Å². The maximum atomic E-state index is 12.2. The van der Waals surface area contributed by atoms with E-state index in [1.54, 1.807) is 0 Å². The molecule has 0 fully saturated rings. The Hall–Kier alpha value is -1.68. The van der Waals surface area contributed by atoms with Gasteiger partial charge in [0, 0.05) is 16.7 Å². The van der Waals surface area contributed by atoms with E-state index in [1.807, 2.05) is 50.2 Å². The van der Waals surface area contributed by atoms with Crippen molar-refractivity contribution in [3.8, 4) is 0 Å². The van der Waals surface area contributed by atoms with Gasteiger partial charge in [0.15, 0.2) is 0 Å². The van der Waals surface area contributed by atoms with Gasteiger partial charge in [-0.15, -0.1) is 0 Å². The van der Waals surface area contributed by atoms with Crippen LogP contribution in [0, 0.1) is 13.8 Å². The highest BCUT2D eigenvalue weighted by Gasteiger charge is 2.10. The number of amides is 1. The fraction of sp³-hybridized carbons (Fsp3) is 0.250. The van der Waals surface area contributed by atoms with Crippen molar-refractivity contribution in [2.24, 2.45) is 0 Å². The second-order valence-electron chi connectivity index (χ2n) is 4.68. The quantitative estimate of drug-likeness (QED) is 0.863. The smallest absolute Gasteiger partial charge is 0.257 e. The lowest BCUT2D eigenvalue weighted by molar-refractivity contribution is 0.102. The van der Waals surface area contributed by atoms with Crippen LogP contribution in [-0.2, 0) is 6.42 Å². The van der Waals surface area contributed by atoms with Crippen LogP contribution < -0.4 is 5.32 Å². The average molecular weight is 333 g/mol. The predicted molar refractivity (Wildman–Crippen MR) is 85.6 cm³/mol. The topological polar surface area (TPSA) is 42.0 Å². The number of aromatic nitrogens is 1. The van der Waals surface area contributed by atoms with Gasteiger partial charge < -0.3 is 5.32 Å². The first kappa shape index (κ1) is 14.7. The molecule has 1 aromatic heterocycles. The second kappa shape index (κ2) is 6.66. The zero-order valence-corrected chi connectivity index (χ0v) is 13.2. The lowest BCUT2D eigenvalue weighted by Gasteiger charge is -2.08. The summed E-state index contributed by atoms with van der Waals surface area (Å²) in [6.07, 6.45) is 0.981. The monoisotopic (exact) mass is 332 g/mol. The third-order valence-corrected chi connectivity index (χ3v) is 3.46. The molecular formula is C16H17BrN2O. The van der Waals surface area contributed by atoms with Gasteiger partial charge >= 0.3 is 0 Å². The molecule has 1 heterocycles. The third kappa shape index (κ3) is 3.67. The summed E-state index contributed by atoms with van der Waals surface area (Å²) in [4.78, 5) is 16.5. The molecule has 0 unspecified atom stereocenters. The van der Waals surface area contributed by atoms with Crippen LogP contribution in [0.1, 0.15) is 27.3 Å². The number of nitrogens with zero attached hydrogens (tertiary/aromatic N) is 1. The van der Waals surface area contributed by atoms with E-state index in [0.717, 1.165) is 28.8 Å². The molecule has 0 saturated carbocycles. The first-order valence-electron chi connectivity index (χ1n) is 6.50. The van der Waals surface area contributed by atoms with Crippen LogP contribution >= 0.6 is 15.9 Å². The van der Waals surface area contributed by atoms with Gasteiger partial charge in [-0.05, 0) is 50.1 Å². The van der Waals surface area contributed by atoms with Crippen molar-refractivity contribution in [2.75, 3.05) is 10.6 Å². The first-order valence-corrected chi connectivity index (χ1v) is 7.63. The molecule has 0 aliphatic carbocycles. The number of anilines is 1. The van der Waals surface area contributed by atoms with Gasteiger partial charge in [-0.3, -0.25) is 9.78 Å². The number of pyridine rings is 1. The Morgan fingerprint density at radius 1 is 1.15 bits per heavy atom. The largest absolute Gasteiger partial charge is 0.322 e. The Kier molecular flexibility index (Phi) is 4.90. The van der Waals surface area contributed by atoms with Crippen molar-refractivity contribution >= 4 is 27.5 Å². The van der Waals surface area contributed by atoms with Crippen molar-refractivity contribution in [1.29, 1.82) is 0 Å². The summed E-state index contributed by atoms with van der Waals surface area (Å²) in [7, 11) is 0. The lowest BCUT2D eigenvalue weighted by atomic mass is 10.1. The molecule has 0 atom stereocenters. The molecule has 0 bridgehead atoms. The van der Waals surface area contributed by atoms with E-state index in [9.17, 15) is 4.79 Å². The Labute approximate surface area is 127 Å². The Balaban J connectivity index is 2.11. The van der Waals surface area contributed by atoms with Gasteiger partial charge in [-0.1, -0.05) is 28.1 Å². The number of alkyl halides is 1. The highest BCUT2D eigenvalue weighted by Crippen LogP contribution is 2.14. The van der Waals surface area contributed by atoms with Crippen LogP contribution in [0.25, 0.3) is 0 Å². The zero-order valence-electron chi connectivity index (χ0n) is 11.6. The van der Waals surface area contributed by atoms with Crippen molar-refractivity contribution < 1.29 is 4.79 Å². The molecule has 0 saturated heterocycles. The summed E-state index contributed by atoms with van der Waals surface area (Å²) < 4.78 is 0. The van der Waals surface area contributed by atoms with E-state index < -0.39 is 0 Å². The minimum absolute atomic E-state index is 0.122. The number of halogens is 1. The summed E-state index contributed by atoms with van der Waals surface area (Å²) in [6, 6.07) is 11.6. The minimum atomic E-state index is -0.122. The third-order valence-electron chi connectivity index (χ3n) is 3.06. The molecule has 1 amide bonds. The number of carbonyl (C=O) groups is 1. The van der Waals surface area contributed by atoms with Crippen molar-refractivity contribution in [2.45, 2.75) is 20.3 Å². The number of hydrogen-bond acceptors (Lipinski definition) is 2. The van der Waals surface area contributed by atoms with Gasteiger partial charge in [0.2, 0.25) is 0 Å². The number of benzene rings is 1. The van der Waals surface area contributed by atoms with Crippen LogP contribution in [0.15, 0.2) is 36.4 Å². The maximum absolute atomic E-state index is 12.2. The molecule has 0 aliphatic heterocycles. The van der Waals surface area contributed by atoms with E-state index >= 15 is 0 Å². The summed E-state index contributed by atoms with van der Waals surface area (Å²) in [5.41, 5.74) is 4.32. The van der Waals surface area contributed by atoms with Gasteiger partial charge in [0.25, 0.3) is 5.91 Å². The molecular weight excluding hydrogens is 316 g/mol. The number of rotatable bonds is 4. The Morgan fingerprint density at radius 2 is 1.85 bits per heavy atom. The fourth-order valence-corrected chi connectivity index (χ4v) is 2.45. The standard InChI is InChI=1S/C16H17BrN2O/c1-11-3-8-15(12(2)18-11)16(20)19-14-6-4-13(5-7-14)9-10-17/h3-8H,9-10H2,1-2H3,(H,19,20).